The molecule has 0 unspecified atom stereocenters. The fourth-order valence-electron chi connectivity index (χ4n) is 8.76. The lowest BCUT2D eigenvalue weighted by atomic mass is 9.67. The van der Waals surface area contributed by atoms with Gasteiger partial charge in [-0.15, -0.1) is 0 Å². The van der Waals surface area contributed by atoms with E-state index in [0.717, 1.165) is 38.9 Å². The molecule has 0 amide bonds. The van der Waals surface area contributed by atoms with Crippen molar-refractivity contribution in [3.63, 3.8) is 0 Å². The molecule has 58 heavy (non-hydrogen) atoms. The van der Waals surface area contributed by atoms with Crippen LogP contribution in [0.4, 0.5) is 0 Å². The largest absolute Gasteiger partial charge is 0.208 e. The van der Waals surface area contributed by atoms with E-state index in [-0.39, 0.29) is 0 Å². The van der Waals surface area contributed by atoms with Crippen LogP contribution in [-0.4, -0.2) is 15.0 Å². The molecule has 1 aliphatic carbocycles. The molecule has 0 atom stereocenters. The van der Waals surface area contributed by atoms with E-state index in [2.05, 4.69) is 115 Å². The van der Waals surface area contributed by atoms with Crippen molar-refractivity contribution in [1.29, 1.82) is 5.26 Å². The maximum atomic E-state index is 9.44. The van der Waals surface area contributed by atoms with Gasteiger partial charge in [0.15, 0.2) is 17.5 Å². The molecule has 0 fully saturated rings. The Labute approximate surface area is 341 Å². The lowest BCUT2D eigenvalue weighted by molar-refractivity contribution is 0.723. The number of aromatic nitrogens is 3. The second kappa shape index (κ2) is 13.7. The molecule has 0 saturated carbocycles. The van der Waals surface area contributed by atoms with E-state index in [9.17, 15) is 5.26 Å². The van der Waals surface area contributed by atoms with Crippen LogP contribution in [0.5, 0.6) is 0 Å². The Morgan fingerprint density at radius 1 is 0.362 bits per heavy atom. The molecule has 1 aliphatic heterocycles. The van der Waals surface area contributed by atoms with E-state index in [1.54, 1.807) is 0 Å². The maximum Gasteiger partial charge on any atom is 0.164 e. The first-order valence-electron chi connectivity index (χ1n) is 19.3. The highest BCUT2D eigenvalue weighted by atomic mass is 32.2. The molecular formula is C53H32N4S. The lowest BCUT2D eigenvalue weighted by Crippen LogP contribution is -2.32. The summed E-state index contributed by atoms with van der Waals surface area (Å²) < 4.78 is 0. The maximum absolute atomic E-state index is 9.44. The molecule has 0 bridgehead atoms. The van der Waals surface area contributed by atoms with E-state index in [1.165, 1.54) is 43.2 Å². The number of hydrogen-bond acceptors (Lipinski definition) is 5. The summed E-state index contributed by atoms with van der Waals surface area (Å²) in [7, 11) is 0. The highest BCUT2D eigenvalue weighted by Gasteiger charge is 2.50. The van der Waals surface area contributed by atoms with Crippen LogP contribution in [0.3, 0.4) is 0 Å². The first-order chi connectivity index (χ1) is 28.7. The van der Waals surface area contributed by atoms with Crippen LogP contribution in [0, 0.1) is 11.3 Å². The van der Waals surface area contributed by atoms with Crippen molar-refractivity contribution in [2.45, 2.75) is 15.2 Å². The van der Waals surface area contributed by atoms with Gasteiger partial charge in [0.2, 0.25) is 0 Å². The number of nitrogens with zero attached hydrogens (tertiary/aromatic N) is 4. The average Bonchev–Trinajstić information content (AvgIpc) is 3.59. The number of benzene rings is 8. The summed E-state index contributed by atoms with van der Waals surface area (Å²) in [4.78, 5) is 17.2. The van der Waals surface area contributed by atoms with Gasteiger partial charge in [0.25, 0.3) is 0 Å². The normalized spacial score (nSPS) is 12.9. The van der Waals surface area contributed by atoms with Crippen molar-refractivity contribution in [1.82, 2.24) is 15.0 Å². The highest BCUT2D eigenvalue weighted by Crippen LogP contribution is 2.62. The fourth-order valence-corrected chi connectivity index (χ4v) is 10.0. The summed E-state index contributed by atoms with van der Waals surface area (Å²) in [6, 6.07) is 70.6. The molecule has 0 saturated heterocycles. The molecular weight excluding hydrogens is 725 g/mol. The number of rotatable bonds is 5. The van der Waals surface area contributed by atoms with Crippen LogP contribution in [0.25, 0.3) is 67.5 Å². The van der Waals surface area contributed by atoms with Crippen LogP contribution in [0.15, 0.2) is 204 Å². The van der Waals surface area contributed by atoms with Crippen molar-refractivity contribution in [2.75, 3.05) is 0 Å². The standard InChI is InChI=1S/C53H32N4S/c54-33-34-19-21-35(22-20-34)40-27-29-46-48(31-40)58-49-32-41(28-30-47(49)53(46)44-17-9-7-15-42(44)43-16-8-10-18-45(43)53)36-23-25-39(26-24-36)52-56-50(37-11-3-1-4-12-37)55-51(57-52)38-13-5-2-6-14-38/h1-32H. The van der Waals surface area contributed by atoms with Crippen molar-refractivity contribution in [3.05, 3.63) is 222 Å². The van der Waals surface area contributed by atoms with Crippen LogP contribution < -0.4 is 0 Å². The average molecular weight is 757 g/mol. The number of hydrogen-bond donors (Lipinski definition) is 0. The zero-order valence-electron chi connectivity index (χ0n) is 31.2. The van der Waals surface area contributed by atoms with Gasteiger partial charge in [0.05, 0.1) is 17.0 Å². The smallest absolute Gasteiger partial charge is 0.164 e. The quantitative estimate of drug-likeness (QED) is 0.175. The van der Waals surface area contributed by atoms with Gasteiger partial charge in [-0.1, -0.05) is 182 Å². The summed E-state index contributed by atoms with van der Waals surface area (Å²) in [5.41, 5.74) is 15.2. The summed E-state index contributed by atoms with van der Waals surface area (Å²) in [5, 5.41) is 9.44. The number of nitriles is 1. The van der Waals surface area contributed by atoms with E-state index in [1.807, 2.05) is 96.7 Å². The minimum Gasteiger partial charge on any atom is -0.208 e. The minimum atomic E-state index is -0.472. The van der Waals surface area contributed by atoms with E-state index < -0.39 is 5.41 Å². The van der Waals surface area contributed by atoms with E-state index in [4.69, 9.17) is 15.0 Å². The predicted molar refractivity (Wildman–Crippen MR) is 233 cm³/mol. The Morgan fingerprint density at radius 3 is 1.21 bits per heavy atom. The van der Waals surface area contributed by atoms with Crippen molar-refractivity contribution in [3.8, 4) is 73.6 Å². The summed E-state index contributed by atoms with van der Waals surface area (Å²) in [6.07, 6.45) is 0. The summed E-state index contributed by atoms with van der Waals surface area (Å²) >= 11 is 1.84. The van der Waals surface area contributed by atoms with Gasteiger partial charge in [0.1, 0.15) is 0 Å². The molecule has 2 aliphatic rings. The first-order valence-corrected chi connectivity index (χ1v) is 20.1. The zero-order chi connectivity index (χ0) is 38.6. The zero-order valence-corrected chi connectivity index (χ0v) is 32.0. The van der Waals surface area contributed by atoms with Gasteiger partial charge in [-0.25, -0.2) is 15.0 Å². The van der Waals surface area contributed by atoms with E-state index in [0.29, 0.717) is 23.0 Å². The summed E-state index contributed by atoms with van der Waals surface area (Å²) in [5.74, 6) is 1.93. The Bertz CT molecular complexity index is 2980. The molecule has 8 aromatic carbocycles. The van der Waals surface area contributed by atoms with Gasteiger partial charge in [-0.3, -0.25) is 0 Å². The minimum absolute atomic E-state index is 0.472. The van der Waals surface area contributed by atoms with Gasteiger partial charge >= 0.3 is 0 Å². The molecule has 4 nitrogen and oxygen atoms in total. The van der Waals surface area contributed by atoms with Gasteiger partial charge in [0, 0.05) is 26.5 Å². The molecule has 9 aromatic rings. The summed E-state index contributed by atoms with van der Waals surface area (Å²) in [6.45, 7) is 0. The Hall–Kier alpha value is -7.39. The van der Waals surface area contributed by atoms with Crippen LogP contribution in [0.1, 0.15) is 27.8 Å². The Morgan fingerprint density at radius 2 is 0.741 bits per heavy atom. The Kier molecular flexibility index (Phi) is 7.99. The van der Waals surface area contributed by atoms with Crippen molar-refractivity contribution in [2.24, 2.45) is 0 Å². The molecule has 1 aromatic heterocycles. The predicted octanol–water partition coefficient (Wildman–Crippen LogP) is 12.9. The van der Waals surface area contributed by atoms with Crippen molar-refractivity contribution >= 4 is 11.8 Å². The molecule has 2 heterocycles. The molecule has 1 spiro atoms. The third-order valence-electron chi connectivity index (χ3n) is 11.5. The second-order valence-electron chi connectivity index (χ2n) is 14.7. The van der Waals surface area contributed by atoms with Crippen LogP contribution in [0.2, 0.25) is 0 Å². The second-order valence-corrected chi connectivity index (χ2v) is 15.8. The molecule has 5 heteroatoms. The van der Waals surface area contributed by atoms with Gasteiger partial charge < -0.3 is 0 Å². The molecule has 0 radical (unpaired) electrons. The fraction of sp³-hybridized carbons (Fsp3) is 0.0189. The Balaban J connectivity index is 1.03. The van der Waals surface area contributed by atoms with Gasteiger partial charge in [-0.05, 0) is 79.9 Å². The molecule has 270 valence electrons. The molecule has 0 N–H and O–H groups in total. The SMILES string of the molecule is N#Cc1ccc(-c2ccc3c(c2)Sc2cc(-c4ccc(-c5nc(-c6ccccc6)nc(-c6ccccc6)n5)cc4)ccc2C32c3ccccc3-c3ccccc32)cc1. The first kappa shape index (κ1) is 33.9. The topological polar surface area (TPSA) is 62.5 Å². The third kappa shape index (κ3) is 5.42. The monoisotopic (exact) mass is 756 g/mol. The third-order valence-corrected chi connectivity index (χ3v) is 12.6. The lowest BCUT2D eigenvalue weighted by Gasteiger charge is -2.40. The molecule has 11 rings (SSSR count). The van der Waals surface area contributed by atoms with Gasteiger partial charge in [-0.2, -0.15) is 5.26 Å². The van der Waals surface area contributed by atoms with Crippen LogP contribution in [-0.2, 0) is 5.41 Å². The van der Waals surface area contributed by atoms with Crippen molar-refractivity contribution < 1.29 is 0 Å². The number of fused-ring (bicyclic) bond motifs is 9. The van der Waals surface area contributed by atoms with Crippen LogP contribution >= 0.6 is 11.8 Å². The highest BCUT2D eigenvalue weighted by molar-refractivity contribution is 7.99. The van der Waals surface area contributed by atoms with E-state index >= 15 is 0 Å².